The molecule has 0 saturated heterocycles. The van der Waals surface area contributed by atoms with Gasteiger partial charge in [0.2, 0.25) is 0 Å². The van der Waals surface area contributed by atoms with E-state index in [0.29, 0.717) is 24.2 Å². The fraction of sp³-hybridized carbons (Fsp3) is 0.778. The van der Waals surface area contributed by atoms with Gasteiger partial charge in [0.05, 0.1) is 12.2 Å². The van der Waals surface area contributed by atoms with Crippen LogP contribution in [-0.2, 0) is 0 Å². The third-order valence-corrected chi connectivity index (χ3v) is 8.43. The molecule has 0 aromatic heterocycles. The lowest BCUT2D eigenvalue weighted by Crippen LogP contribution is -2.36. The standard InChI is InChI=1S/C27H44O2/c1-18(2)8-6-9-19(3)24-13-14-25-21(10-7-15-27(24,25)5)11-12-22-16-23(28)17-26(29)20(22)4/h11-12,18-19,23-26,28-29H,4,6-10,13-17H2,1-3,5H3/b21-11+,22-12-/t19?,23-,24-,25+,26+,27-/m1/s1. The SMILES string of the molecule is C=C1/C(=C\C=C2/CCC[C@]3(C)[C@@H](C(C)CCCC(C)C)CC[C@@H]23)C[C@@H](O)C[C@@H]1O. The zero-order valence-electron chi connectivity index (χ0n) is 19.3. The molecule has 6 atom stereocenters. The van der Waals surface area contributed by atoms with E-state index in [1.54, 1.807) is 5.57 Å². The molecule has 2 N–H and O–H groups in total. The molecule has 0 bridgehead atoms. The monoisotopic (exact) mass is 400 g/mol. The van der Waals surface area contributed by atoms with E-state index in [1.165, 1.54) is 51.4 Å². The molecule has 0 spiro atoms. The topological polar surface area (TPSA) is 40.5 Å². The molecule has 3 aliphatic carbocycles. The Morgan fingerprint density at radius 3 is 2.62 bits per heavy atom. The molecular weight excluding hydrogens is 356 g/mol. The Kier molecular flexibility index (Phi) is 7.49. The number of hydrogen-bond acceptors (Lipinski definition) is 2. The van der Waals surface area contributed by atoms with Crippen molar-refractivity contribution < 1.29 is 10.2 Å². The van der Waals surface area contributed by atoms with Gasteiger partial charge in [-0.25, -0.2) is 0 Å². The highest BCUT2D eigenvalue weighted by molar-refractivity contribution is 5.38. The highest BCUT2D eigenvalue weighted by Crippen LogP contribution is 2.59. The summed E-state index contributed by atoms with van der Waals surface area (Å²) in [5.74, 6) is 3.20. The highest BCUT2D eigenvalue weighted by Gasteiger charge is 2.50. The Bertz CT molecular complexity index is 643. The molecule has 2 nitrogen and oxygen atoms in total. The van der Waals surface area contributed by atoms with Crippen LogP contribution in [0, 0.1) is 29.1 Å². The average Bonchev–Trinajstić information content (AvgIpc) is 3.00. The minimum absolute atomic E-state index is 0.420. The van der Waals surface area contributed by atoms with E-state index in [4.69, 9.17) is 0 Å². The van der Waals surface area contributed by atoms with Crippen LogP contribution in [0.3, 0.4) is 0 Å². The largest absolute Gasteiger partial charge is 0.393 e. The van der Waals surface area contributed by atoms with Crippen LogP contribution in [0.1, 0.15) is 91.9 Å². The van der Waals surface area contributed by atoms with Crippen molar-refractivity contribution in [3.63, 3.8) is 0 Å². The second kappa shape index (κ2) is 9.52. The van der Waals surface area contributed by atoms with E-state index in [1.807, 2.05) is 0 Å². The first-order chi connectivity index (χ1) is 13.7. The van der Waals surface area contributed by atoms with Crippen LogP contribution < -0.4 is 0 Å². The van der Waals surface area contributed by atoms with Crippen LogP contribution in [0.15, 0.2) is 35.5 Å². The van der Waals surface area contributed by atoms with E-state index < -0.39 is 12.2 Å². The molecule has 1 unspecified atom stereocenters. The molecular formula is C27H44O2. The number of aliphatic hydroxyl groups is 2. The fourth-order valence-corrected chi connectivity index (χ4v) is 6.73. The molecule has 3 fully saturated rings. The predicted octanol–water partition coefficient (Wildman–Crippen LogP) is 6.59. The van der Waals surface area contributed by atoms with Gasteiger partial charge in [-0.15, -0.1) is 0 Å². The Labute approximate surface area is 179 Å². The Morgan fingerprint density at radius 1 is 1.14 bits per heavy atom. The minimum Gasteiger partial charge on any atom is -0.393 e. The molecule has 3 aliphatic rings. The molecule has 0 radical (unpaired) electrons. The highest BCUT2D eigenvalue weighted by atomic mass is 16.3. The number of rotatable bonds is 6. The minimum atomic E-state index is -0.595. The van der Waals surface area contributed by atoms with Gasteiger partial charge >= 0.3 is 0 Å². The van der Waals surface area contributed by atoms with Gasteiger partial charge in [-0.2, -0.15) is 0 Å². The van der Waals surface area contributed by atoms with Gasteiger partial charge in [0, 0.05) is 6.42 Å². The fourth-order valence-electron chi connectivity index (χ4n) is 6.73. The van der Waals surface area contributed by atoms with E-state index in [9.17, 15) is 10.2 Å². The maximum atomic E-state index is 10.1. The van der Waals surface area contributed by atoms with Crippen LogP contribution in [0.2, 0.25) is 0 Å². The Morgan fingerprint density at radius 2 is 1.90 bits per heavy atom. The maximum Gasteiger partial charge on any atom is 0.0811 e. The summed E-state index contributed by atoms with van der Waals surface area (Å²) in [6, 6.07) is 0. The van der Waals surface area contributed by atoms with E-state index in [2.05, 4.69) is 46.4 Å². The lowest BCUT2D eigenvalue weighted by Gasteiger charge is -2.44. The molecule has 0 amide bonds. The van der Waals surface area contributed by atoms with E-state index in [0.717, 1.165) is 28.9 Å². The summed E-state index contributed by atoms with van der Waals surface area (Å²) >= 11 is 0. The summed E-state index contributed by atoms with van der Waals surface area (Å²) < 4.78 is 0. The molecule has 29 heavy (non-hydrogen) atoms. The molecule has 2 heteroatoms. The van der Waals surface area contributed by atoms with Crippen LogP contribution in [0.25, 0.3) is 0 Å². The van der Waals surface area contributed by atoms with Crippen LogP contribution in [-0.4, -0.2) is 22.4 Å². The van der Waals surface area contributed by atoms with Gasteiger partial charge in [-0.3, -0.25) is 0 Å². The summed E-state index contributed by atoms with van der Waals surface area (Å²) in [6.45, 7) is 13.8. The Balaban J connectivity index is 1.71. The first kappa shape index (κ1) is 22.8. The van der Waals surface area contributed by atoms with E-state index in [-0.39, 0.29) is 0 Å². The average molecular weight is 401 g/mol. The normalized spacial score (nSPS) is 39.3. The summed E-state index contributed by atoms with van der Waals surface area (Å²) in [7, 11) is 0. The second-order valence-electron chi connectivity index (χ2n) is 11.0. The number of fused-ring (bicyclic) bond motifs is 1. The first-order valence-electron chi connectivity index (χ1n) is 12.2. The molecule has 0 aliphatic heterocycles. The van der Waals surface area contributed by atoms with Crippen molar-refractivity contribution in [2.24, 2.45) is 29.1 Å². The maximum absolute atomic E-state index is 10.1. The van der Waals surface area contributed by atoms with E-state index >= 15 is 0 Å². The summed E-state index contributed by atoms with van der Waals surface area (Å²) in [5.41, 5.74) is 3.88. The second-order valence-corrected chi connectivity index (χ2v) is 11.0. The summed E-state index contributed by atoms with van der Waals surface area (Å²) in [6.07, 6.45) is 15.2. The van der Waals surface area contributed by atoms with Crippen LogP contribution in [0.5, 0.6) is 0 Å². The van der Waals surface area contributed by atoms with Crippen molar-refractivity contribution in [1.82, 2.24) is 0 Å². The molecule has 164 valence electrons. The smallest absolute Gasteiger partial charge is 0.0811 e. The first-order valence-corrected chi connectivity index (χ1v) is 12.2. The molecule has 3 saturated carbocycles. The quantitative estimate of drug-likeness (QED) is 0.528. The molecule has 0 aromatic carbocycles. The molecule has 0 heterocycles. The Hall–Kier alpha value is -0.860. The predicted molar refractivity (Wildman–Crippen MR) is 123 cm³/mol. The zero-order chi connectivity index (χ0) is 21.2. The van der Waals surface area contributed by atoms with Gasteiger partial charge in [-0.1, -0.05) is 71.3 Å². The zero-order valence-corrected chi connectivity index (χ0v) is 19.3. The summed E-state index contributed by atoms with van der Waals surface area (Å²) in [5, 5.41) is 20.2. The van der Waals surface area contributed by atoms with Crippen LogP contribution >= 0.6 is 0 Å². The molecule has 0 aromatic rings. The molecule has 3 rings (SSSR count). The van der Waals surface area contributed by atoms with Crippen molar-refractivity contribution in [3.8, 4) is 0 Å². The van der Waals surface area contributed by atoms with Crippen molar-refractivity contribution in [2.45, 2.75) is 104 Å². The number of aliphatic hydroxyl groups excluding tert-OH is 2. The summed E-state index contributed by atoms with van der Waals surface area (Å²) in [4.78, 5) is 0. The van der Waals surface area contributed by atoms with Gasteiger partial charge in [0.15, 0.2) is 0 Å². The van der Waals surface area contributed by atoms with Gasteiger partial charge in [-0.05, 0) is 78.8 Å². The lowest BCUT2D eigenvalue weighted by molar-refractivity contribution is 0.0861. The lowest BCUT2D eigenvalue weighted by atomic mass is 9.60. The van der Waals surface area contributed by atoms with Gasteiger partial charge in [0.1, 0.15) is 0 Å². The number of allylic oxidation sites excluding steroid dienone is 3. The third-order valence-electron chi connectivity index (χ3n) is 8.43. The van der Waals surface area contributed by atoms with Gasteiger partial charge in [0.25, 0.3) is 0 Å². The van der Waals surface area contributed by atoms with Crippen molar-refractivity contribution in [3.05, 3.63) is 35.5 Å². The number of hydrogen-bond donors (Lipinski definition) is 2. The third kappa shape index (κ3) is 5.07. The van der Waals surface area contributed by atoms with Crippen molar-refractivity contribution in [1.29, 1.82) is 0 Å². The van der Waals surface area contributed by atoms with Crippen molar-refractivity contribution >= 4 is 0 Å². The van der Waals surface area contributed by atoms with Crippen LogP contribution in [0.4, 0.5) is 0 Å². The van der Waals surface area contributed by atoms with Crippen molar-refractivity contribution in [2.75, 3.05) is 0 Å². The van der Waals surface area contributed by atoms with Gasteiger partial charge < -0.3 is 10.2 Å².